The summed E-state index contributed by atoms with van der Waals surface area (Å²) in [7, 11) is 0. The third-order valence-electron chi connectivity index (χ3n) is 4.40. The molecule has 2 heterocycles. The highest BCUT2D eigenvalue weighted by Crippen LogP contribution is 2.39. The van der Waals surface area contributed by atoms with Gasteiger partial charge in [0.1, 0.15) is 11.1 Å². The SMILES string of the molecule is C[C@@H]1CCc2c(sc(NC(=O)COC(=O)CCc3cccs3)c2C#N)C1. The Hall–Kier alpha value is -2.17. The number of hydrogen-bond acceptors (Lipinski definition) is 6. The number of ether oxygens (including phenoxy) is 1. The smallest absolute Gasteiger partial charge is 0.306 e. The van der Waals surface area contributed by atoms with Crippen LogP contribution in [0.3, 0.4) is 0 Å². The Balaban J connectivity index is 1.52. The molecular formula is C19H20N2O3S2. The van der Waals surface area contributed by atoms with Gasteiger partial charge in [-0.25, -0.2) is 0 Å². The highest BCUT2D eigenvalue weighted by atomic mass is 32.1. The summed E-state index contributed by atoms with van der Waals surface area (Å²) >= 11 is 3.06. The Labute approximate surface area is 160 Å². The number of aryl methyl sites for hydroxylation is 1. The number of thiophene rings is 2. The van der Waals surface area contributed by atoms with E-state index in [-0.39, 0.29) is 13.0 Å². The molecule has 1 N–H and O–H groups in total. The van der Waals surface area contributed by atoms with Gasteiger partial charge in [0.25, 0.3) is 5.91 Å². The summed E-state index contributed by atoms with van der Waals surface area (Å²) in [5, 5.41) is 14.7. The number of esters is 1. The van der Waals surface area contributed by atoms with E-state index < -0.39 is 11.9 Å². The van der Waals surface area contributed by atoms with Crippen molar-refractivity contribution in [2.45, 2.75) is 39.0 Å². The number of nitriles is 1. The zero-order valence-electron chi connectivity index (χ0n) is 14.5. The topological polar surface area (TPSA) is 79.2 Å². The Kier molecular flexibility index (Phi) is 6.07. The van der Waals surface area contributed by atoms with E-state index in [0.29, 0.717) is 22.9 Å². The zero-order valence-corrected chi connectivity index (χ0v) is 16.2. The second-order valence-corrected chi connectivity index (χ2v) is 8.59. The van der Waals surface area contributed by atoms with Crippen molar-refractivity contribution in [1.29, 1.82) is 5.26 Å². The van der Waals surface area contributed by atoms with E-state index >= 15 is 0 Å². The second-order valence-electron chi connectivity index (χ2n) is 6.46. The lowest BCUT2D eigenvalue weighted by Gasteiger charge is -2.17. The van der Waals surface area contributed by atoms with E-state index in [2.05, 4.69) is 18.3 Å². The zero-order chi connectivity index (χ0) is 18.5. The van der Waals surface area contributed by atoms with Gasteiger partial charge in [0.2, 0.25) is 0 Å². The molecule has 0 saturated heterocycles. The van der Waals surface area contributed by atoms with E-state index in [0.717, 1.165) is 29.7 Å². The molecule has 26 heavy (non-hydrogen) atoms. The van der Waals surface area contributed by atoms with Crippen LogP contribution in [0.15, 0.2) is 17.5 Å². The van der Waals surface area contributed by atoms with Crippen molar-refractivity contribution >= 4 is 39.6 Å². The molecule has 2 aromatic rings. The van der Waals surface area contributed by atoms with Crippen LogP contribution in [0.25, 0.3) is 0 Å². The van der Waals surface area contributed by atoms with Crippen LogP contribution in [-0.2, 0) is 33.6 Å². The van der Waals surface area contributed by atoms with Crippen LogP contribution in [0.2, 0.25) is 0 Å². The Morgan fingerprint density at radius 1 is 1.46 bits per heavy atom. The van der Waals surface area contributed by atoms with Gasteiger partial charge in [-0.1, -0.05) is 13.0 Å². The number of rotatable bonds is 6. The molecule has 2 aromatic heterocycles. The number of nitrogens with zero attached hydrogens (tertiary/aromatic N) is 1. The van der Waals surface area contributed by atoms with Crippen LogP contribution in [-0.4, -0.2) is 18.5 Å². The minimum Gasteiger partial charge on any atom is -0.456 e. The monoisotopic (exact) mass is 388 g/mol. The van der Waals surface area contributed by atoms with Gasteiger partial charge >= 0.3 is 5.97 Å². The first-order chi connectivity index (χ1) is 12.6. The molecule has 1 aliphatic carbocycles. The molecule has 0 bridgehead atoms. The fourth-order valence-corrected chi connectivity index (χ4v) is 5.10. The normalized spacial score (nSPS) is 15.8. The van der Waals surface area contributed by atoms with E-state index in [4.69, 9.17) is 4.74 Å². The van der Waals surface area contributed by atoms with E-state index in [1.54, 1.807) is 11.3 Å². The first-order valence-corrected chi connectivity index (χ1v) is 10.3. The average Bonchev–Trinajstić information content (AvgIpc) is 3.24. The number of amides is 1. The lowest BCUT2D eigenvalue weighted by Crippen LogP contribution is -2.21. The van der Waals surface area contributed by atoms with Crippen LogP contribution in [0.4, 0.5) is 5.00 Å². The maximum absolute atomic E-state index is 12.1. The lowest BCUT2D eigenvalue weighted by molar-refractivity contribution is -0.147. The predicted molar refractivity (Wildman–Crippen MR) is 102 cm³/mol. The fraction of sp³-hybridized carbons (Fsp3) is 0.421. The standard InChI is InChI=1S/C19H20N2O3S2/c1-12-4-6-14-15(10-20)19(26-16(14)9-12)21-17(22)11-24-18(23)7-5-13-3-2-8-25-13/h2-3,8,12H,4-7,9,11H2,1H3,(H,21,22)/t12-/m1/s1. The molecule has 0 radical (unpaired) electrons. The summed E-state index contributed by atoms with van der Waals surface area (Å²) in [6, 6.07) is 6.12. The summed E-state index contributed by atoms with van der Waals surface area (Å²) in [6.07, 6.45) is 3.76. The molecule has 1 amide bonds. The quantitative estimate of drug-likeness (QED) is 0.761. The maximum atomic E-state index is 12.1. The van der Waals surface area contributed by atoms with Gasteiger partial charge in [-0.3, -0.25) is 9.59 Å². The highest BCUT2D eigenvalue weighted by molar-refractivity contribution is 7.16. The Morgan fingerprint density at radius 2 is 2.31 bits per heavy atom. The molecule has 0 aromatic carbocycles. The van der Waals surface area contributed by atoms with Crippen LogP contribution < -0.4 is 5.32 Å². The van der Waals surface area contributed by atoms with Crippen molar-refractivity contribution in [3.05, 3.63) is 38.4 Å². The second kappa shape index (κ2) is 8.47. The molecule has 0 saturated carbocycles. The number of anilines is 1. The van der Waals surface area contributed by atoms with Gasteiger partial charge in [0.15, 0.2) is 6.61 Å². The minimum atomic E-state index is -0.405. The van der Waals surface area contributed by atoms with E-state index in [1.165, 1.54) is 16.2 Å². The largest absolute Gasteiger partial charge is 0.456 e. The molecule has 136 valence electrons. The van der Waals surface area contributed by atoms with Crippen LogP contribution >= 0.6 is 22.7 Å². The third-order valence-corrected chi connectivity index (χ3v) is 6.50. The van der Waals surface area contributed by atoms with Gasteiger partial charge < -0.3 is 10.1 Å². The summed E-state index contributed by atoms with van der Waals surface area (Å²) in [4.78, 5) is 26.2. The number of hydrogen-bond donors (Lipinski definition) is 1. The number of carbonyl (C=O) groups excluding carboxylic acids is 2. The first-order valence-electron chi connectivity index (χ1n) is 8.59. The van der Waals surface area contributed by atoms with Crippen LogP contribution in [0.5, 0.6) is 0 Å². The summed E-state index contributed by atoms with van der Waals surface area (Å²) in [5.74, 6) is -0.202. The van der Waals surface area contributed by atoms with Gasteiger partial charge in [-0.2, -0.15) is 5.26 Å². The van der Waals surface area contributed by atoms with E-state index in [1.807, 2.05) is 17.5 Å². The maximum Gasteiger partial charge on any atom is 0.306 e. The van der Waals surface area contributed by atoms with Crippen molar-refractivity contribution in [1.82, 2.24) is 0 Å². The van der Waals surface area contributed by atoms with Crippen molar-refractivity contribution < 1.29 is 14.3 Å². The first kappa shape index (κ1) is 18.6. The van der Waals surface area contributed by atoms with Crippen molar-refractivity contribution in [3.8, 4) is 6.07 Å². The molecule has 0 spiro atoms. The summed E-state index contributed by atoms with van der Waals surface area (Å²) < 4.78 is 5.04. The Morgan fingerprint density at radius 3 is 3.04 bits per heavy atom. The summed E-state index contributed by atoms with van der Waals surface area (Å²) in [5.41, 5.74) is 1.63. The number of nitrogens with one attached hydrogen (secondary N) is 1. The minimum absolute atomic E-state index is 0.252. The van der Waals surface area contributed by atoms with Gasteiger partial charge in [-0.15, -0.1) is 22.7 Å². The molecule has 5 nitrogen and oxygen atoms in total. The van der Waals surface area contributed by atoms with Gasteiger partial charge in [0.05, 0.1) is 12.0 Å². The van der Waals surface area contributed by atoms with Crippen molar-refractivity contribution in [2.24, 2.45) is 5.92 Å². The molecule has 7 heteroatoms. The average molecular weight is 389 g/mol. The molecule has 0 aliphatic heterocycles. The van der Waals surface area contributed by atoms with Crippen molar-refractivity contribution in [3.63, 3.8) is 0 Å². The number of fused-ring (bicyclic) bond motifs is 1. The molecule has 0 fully saturated rings. The van der Waals surface area contributed by atoms with Crippen molar-refractivity contribution in [2.75, 3.05) is 11.9 Å². The molecule has 1 atom stereocenters. The molecule has 0 unspecified atom stereocenters. The third kappa shape index (κ3) is 4.51. The molecular weight excluding hydrogens is 368 g/mol. The number of carbonyl (C=O) groups is 2. The molecule has 1 aliphatic rings. The van der Waals surface area contributed by atoms with Crippen LogP contribution in [0.1, 0.15) is 40.6 Å². The Bertz CT molecular complexity index is 834. The summed E-state index contributed by atoms with van der Waals surface area (Å²) in [6.45, 7) is 1.87. The van der Waals surface area contributed by atoms with Gasteiger partial charge in [0, 0.05) is 9.75 Å². The fourth-order valence-electron chi connectivity index (χ4n) is 3.02. The van der Waals surface area contributed by atoms with Gasteiger partial charge in [-0.05, 0) is 48.6 Å². The highest BCUT2D eigenvalue weighted by Gasteiger charge is 2.24. The van der Waals surface area contributed by atoms with Crippen LogP contribution in [0, 0.1) is 17.2 Å². The van der Waals surface area contributed by atoms with E-state index in [9.17, 15) is 14.9 Å². The molecule has 3 rings (SSSR count). The predicted octanol–water partition coefficient (Wildman–Crippen LogP) is 3.92. The lowest BCUT2D eigenvalue weighted by atomic mass is 9.89.